The number of piperazine rings is 1. The van der Waals surface area contributed by atoms with Crippen molar-refractivity contribution >= 4 is 16.6 Å². The van der Waals surface area contributed by atoms with Crippen LogP contribution in [0.1, 0.15) is 49.3 Å². The van der Waals surface area contributed by atoms with Crippen LogP contribution in [-0.4, -0.2) is 63.4 Å². The fourth-order valence-electron chi connectivity index (χ4n) is 5.36. The number of H-pyrrole nitrogens is 1. The molecule has 0 aliphatic carbocycles. The highest BCUT2D eigenvalue weighted by Crippen LogP contribution is 2.33. The van der Waals surface area contributed by atoms with E-state index >= 15 is 0 Å². The minimum atomic E-state index is -0.386. The number of para-hydroxylation sites is 2. The van der Waals surface area contributed by atoms with Crippen LogP contribution in [0, 0.1) is 13.8 Å². The summed E-state index contributed by atoms with van der Waals surface area (Å²) in [4.78, 5) is 21.4. The monoisotopic (exact) mass is 501 g/mol. The van der Waals surface area contributed by atoms with Crippen molar-refractivity contribution in [3.63, 3.8) is 0 Å². The van der Waals surface area contributed by atoms with Gasteiger partial charge >= 0.3 is 0 Å². The largest absolute Gasteiger partial charge is 0.495 e. The Labute approximate surface area is 217 Å². The molecular weight excluding hydrogens is 466 g/mol. The van der Waals surface area contributed by atoms with Crippen LogP contribution in [0.15, 0.2) is 47.3 Å². The van der Waals surface area contributed by atoms with Gasteiger partial charge in [-0.05, 0) is 80.3 Å². The zero-order chi connectivity index (χ0) is 26.3. The highest BCUT2D eigenvalue weighted by atomic mass is 16.5. The van der Waals surface area contributed by atoms with Crippen LogP contribution in [0.5, 0.6) is 5.75 Å². The number of benzene rings is 2. The maximum Gasteiger partial charge on any atom is 0.253 e. The van der Waals surface area contributed by atoms with Crippen LogP contribution >= 0.6 is 0 Å². The van der Waals surface area contributed by atoms with Gasteiger partial charge in [-0.2, -0.15) is 0 Å². The summed E-state index contributed by atoms with van der Waals surface area (Å²) in [5.74, 6) is 1.54. The summed E-state index contributed by atoms with van der Waals surface area (Å²) < 4.78 is 7.44. The second-order valence-corrected chi connectivity index (χ2v) is 10.8. The topological polar surface area (TPSA) is 92.2 Å². The number of ether oxygens (including phenoxy) is 1. The van der Waals surface area contributed by atoms with Crippen molar-refractivity contribution in [1.29, 1.82) is 0 Å². The Kier molecular flexibility index (Phi) is 6.49. The molecule has 0 saturated carbocycles. The number of aromatic nitrogens is 5. The molecule has 4 aromatic rings. The van der Waals surface area contributed by atoms with E-state index in [1.165, 1.54) is 0 Å². The van der Waals surface area contributed by atoms with Gasteiger partial charge in [0.2, 0.25) is 0 Å². The minimum absolute atomic E-state index is 0.111. The van der Waals surface area contributed by atoms with Crippen molar-refractivity contribution in [2.45, 2.75) is 46.2 Å². The van der Waals surface area contributed by atoms with E-state index in [0.29, 0.717) is 11.4 Å². The van der Waals surface area contributed by atoms with Gasteiger partial charge in [-0.1, -0.05) is 23.8 Å². The van der Waals surface area contributed by atoms with E-state index in [9.17, 15) is 4.79 Å². The maximum atomic E-state index is 13.6. The van der Waals surface area contributed by atoms with E-state index in [1.54, 1.807) is 7.11 Å². The van der Waals surface area contributed by atoms with Crippen LogP contribution < -0.4 is 15.2 Å². The third-order valence-corrected chi connectivity index (χ3v) is 7.10. The molecule has 0 unspecified atom stereocenters. The Morgan fingerprint density at radius 2 is 1.76 bits per heavy atom. The predicted molar refractivity (Wildman–Crippen MR) is 145 cm³/mol. The predicted octanol–water partition coefficient (Wildman–Crippen LogP) is 3.81. The van der Waals surface area contributed by atoms with Crippen molar-refractivity contribution in [1.82, 2.24) is 30.1 Å². The smallest absolute Gasteiger partial charge is 0.253 e. The Morgan fingerprint density at radius 1 is 1.03 bits per heavy atom. The first-order valence-corrected chi connectivity index (χ1v) is 12.7. The molecule has 2 aromatic carbocycles. The zero-order valence-corrected chi connectivity index (χ0v) is 22.4. The molecule has 0 radical (unpaired) electrons. The summed E-state index contributed by atoms with van der Waals surface area (Å²) in [7, 11) is 1.70. The van der Waals surface area contributed by atoms with Gasteiger partial charge in [0, 0.05) is 31.7 Å². The number of fused-ring (bicyclic) bond motifs is 1. The fraction of sp³-hybridized carbons (Fsp3) is 0.429. The molecule has 0 amide bonds. The Bertz CT molecular complexity index is 1480. The molecule has 5 rings (SSSR count). The number of nitrogens with zero attached hydrogens (tertiary/aromatic N) is 6. The van der Waals surface area contributed by atoms with Crippen molar-refractivity contribution < 1.29 is 4.74 Å². The normalized spacial score (nSPS) is 15.8. The number of nitrogens with one attached hydrogen (secondary N) is 1. The zero-order valence-electron chi connectivity index (χ0n) is 22.4. The SMILES string of the molecule is COc1ccccc1N1CCN([C@H](c2cc3cc(C)cc(C)c3[nH]c2=O)c2nnnn2C(C)(C)C)CC1. The lowest BCUT2D eigenvalue weighted by atomic mass is 9.99. The molecule has 194 valence electrons. The average molecular weight is 502 g/mol. The number of hydrogen-bond acceptors (Lipinski definition) is 7. The van der Waals surface area contributed by atoms with Crippen LogP contribution in [-0.2, 0) is 5.54 Å². The Balaban J connectivity index is 1.57. The van der Waals surface area contributed by atoms with Crippen molar-refractivity contribution in [2.75, 3.05) is 38.2 Å². The summed E-state index contributed by atoms with van der Waals surface area (Å²) >= 11 is 0. The molecule has 9 heteroatoms. The van der Waals surface area contributed by atoms with Crippen molar-refractivity contribution in [3.05, 3.63) is 75.3 Å². The number of hydrogen-bond donors (Lipinski definition) is 1. The lowest BCUT2D eigenvalue weighted by molar-refractivity contribution is 0.190. The summed E-state index contributed by atoms with van der Waals surface area (Å²) in [5.41, 5.74) is 4.37. The third kappa shape index (κ3) is 4.71. The van der Waals surface area contributed by atoms with Gasteiger partial charge in [0.05, 0.1) is 23.9 Å². The van der Waals surface area contributed by atoms with Crippen LogP contribution in [0.4, 0.5) is 5.69 Å². The molecule has 9 nitrogen and oxygen atoms in total. The number of anilines is 1. The van der Waals surface area contributed by atoms with Gasteiger partial charge in [0.1, 0.15) is 11.8 Å². The van der Waals surface area contributed by atoms with E-state index in [-0.39, 0.29) is 17.1 Å². The molecule has 0 bridgehead atoms. The molecule has 37 heavy (non-hydrogen) atoms. The average Bonchev–Trinajstić information content (AvgIpc) is 3.36. The standard InChI is InChI=1S/C28H35N7O2/c1-18-15-19(2)24-20(16-18)17-21(27(36)29-24)25(26-30-31-32-35(26)28(3,4)5)34-13-11-33(12-14-34)22-9-7-8-10-23(22)37-6/h7-10,15-17,25H,11-14H2,1-6H3,(H,29,36)/t25-/m1/s1. The number of tetrazole rings is 1. The van der Waals surface area contributed by atoms with E-state index in [4.69, 9.17) is 4.74 Å². The van der Waals surface area contributed by atoms with E-state index in [0.717, 1.165) is 59.6 Å². The van der Waals surface area contributed by atoms with E-state index < -0.39 is 0 Å². The number of aryl methyl sites for hydroxylation is 2. The molecule has 3 heterocycles. The number of aromatic amines is 1. The number of methoxy groups -OCH3 is 1. The van der Waals surface area contributed by atoms with Gasteiger partial charge in [-0.3, -0.25) is 9.69 Å². The molecule has 1 aliphatic heterocycles. The van der Waals surface area contributed by atoms with Crippen molar-refractivity contribution in [2.24, 2.45) is 0 Å². The molecule has 2 aromatic heterocycles. The summed E-state index contributed by atoms with van der Waals surface area (Å²) in [6.45, 7) is 13.4. The third-order valence-electron chi connectivity index (χ3n) is 7.10. The first-order valence-electron chi connectivity index (χ1n) is 12.7. The number of pyridine rings is 1. The molecule has 1 fully saturated rings. The van der Waals surface area contributed by atoms with Crippen LogP contribution in [0.25, 0.3) is 10.9 Å². The summed E-state index contributed by atoms with van der Waals surface area (Å²) in [6.07, 6.45) is 0. The second-order valence-electron chi connectivity index (χ2n) is 10.8. The maximum absolute atomic E-state index is 13.6. The van der Waals surface area contributed by atoms with Gasteiger partial charge < -0.3 is 14.6 Å². The van der Waals surface area contributed by atoms with E-state index in [1.807, 2.05) is 35.9 Å². The Hall–Kier alpha value is -3.72. The highest BCUT2D eigenvalue weighted by molar-refractivity contribution is 5.83. The van der Waals surface area contributed by atoms with Crippen LogP contribution in [0.3, 0.4) is 0 Å². The lowest BCUT2D eigenvalue weighted by Crippen LogP contribution is -2.49. The summed E-state index contributed by atoms with van der Waals surface area (Å²) in [5, 5.41) is 13.8. The minimum Gasteiger partial charge on any atom is -0.495 e. The van der Waals surface area contributed by atoms with Crippen LogP contribution in [0.2, 0.25) is 0 Å². The quantitative estimate of drug-likeness (QED) is 0.445. The number of rotatable bonds is 5. The molecule has 0 spiro atoms. The molecule has 1 N–H and O–H groups in total. The lowest BCUT2D eigenvalue weighted by Gasteiger charge is -2.40. The fourth-order valence-corrected chi connectivity index (χ4v) is 5.36. The molecule has 1 atom stereocenters. The second kappa shape index (κ2) is 9.63. The molecule has 1 saturated heterocycles. The van der Waals surface area contributed by atoms with Gasteiger partial charge in [-0.25, -0.2) is 4.68 Å². The van der Waals surface area contributed by atoms with Gasteiger partial charge in [-0.15, -0.1) is 5.10 Å². The van der Waals surface area contributed by atoms with Gasteiger partial charge in [0.15, 0.2) is 5.82 Å². The van der Waals surface area contributed by atoms with Gasteiger partial charge in [0.25, 0.3) is 5.56 Å². The first-order chi connectivity index (χ1) is 17.7. The molecular formula is C28H35N7O2. The molecule has 1 aliphatic rings. The Morgan fingerprint density at radius 3 is 2.46 bits per heavy atom. The summed E-state index contributed by atoms with van der Waals surface area (Å²) in [6, 6.07) is 13.9. The van der Waals surface area contributed by atoms with E-state index in [2.05, 4.69) is 76.2 Å². The highest BCUT2D eigenvalue weighted by Gasteiger charge is 2.35. The first kappa shape index (κ1) is 25.0. The van der Waals surface area contributed by atoms with Crippen molar-refractivity contribution in [3.8, 4) is 5.75 Å².